The van der Waals surface area contributed by atoms with Crippen LogP contribution in [-0.2, 0) is 9.53 Å². The van der Waals surface area contributed by atoms with Crippen LogP contribution in [0.1, 0.15) is 31.1 Å². The molecule has 17 heteroatoms. The van der Waals surface area contributed by atoms with Crippen molar-refractivity contribution in [3.63, 3.8) is 0 Å². The molecule has 0 radical (unpaired) electrons. The first-order valence-corrected chi connectivity index (χ1v) is 14.4. The normalized spacial score (nSPS) is 17.0. The van der Waals surface area contributed by atoms with E-state index >= 15 is 0 Å². The zero-order valence-electron chi connectivity index (χ0n) is 24.4. The average molecular weight is 629 g/mol. The molecule has 0 saturated carbocycles. The second-order valence-electron chi connectivity index (χ2n) is 11.2. The van der Waals surface area contributed by atoms with Gasteiger partial charge in [0.15, 0.2) is 5.75 Å². The Bertz CT molecular complexity index is 1300. The van der Waals surface area contributed by atoms with Crippen molar-refractivity contribution >= 4 is 45.2 Å². The molecular weight excluding hydrogens is 593 g/mol. The number of piperazine rings is 2. The summed E-state index contributed by atoms with van der Waals surface area (Å²) in [5.74, 6) is -1.83. The largest absolute Gasteiger partial charge is 0.573 e. The van der Waals surface area contributed by atoms with E-state index in [0.717, 1.165) is 42.6 Å². The molecule has 2 aromatic rings. The van der Waals surface area contributed by atoms with Crippen LogP contribution in [0.25, 0.3) is 0 Å². The highest BCUT2D eigenvalue weighted by Gasteiger charge is 2.33. The van der Waals surface area contributed by atoms with Gasteiger partial charge in [-0.2, -0.15) is 0 Å². The van der Waals surface area contributed by atoms with Gasteiger partial charge in [0, 0.05) is 57.9 Å². The maximum atomic E-state index is 13.0. The predicted molar refractivity (Wildman–Crippen MR) is 154 cm³/mol. The Labute approximate surface area is 250 Å². The van der Waals surface area contributed by atoms with Gasteiger partial charge in [-0.1, -0.05) is 11.3 Å². The maximum Gasteiger partial charge on any atom is 0.573 e. The number of halogens is 3. The van der Waals surface area contributed by atoms with Crippen LogP contribution in [0.3, 0.4) is 0 Å². The zero-order valence-corrected chi connectivity index (χ0v) is 25.2. The van der Waals surface area contributed by atoms with Crippen LogP contribution in [0.4, 0.5) is 33.9 Å². The van der Waals surface area contributed by atoms with Crippen LogP contribution in [0.15, 0.2) is 18.2 Å². The summed E-state index contributed by atoms with van der Waals surface area (Å²) in [4.78, 5) is 45.5. The van der Waals surface area contributed by atoms with E-state index in [-0.39, 0.29) is 29.0 Å². The van der Waals surface area contributed by atoms with E-state index in [1.807, 2.05) is 16.8 Å². The molecule has 0 atom stereocenters. The molecule has 2 aliphatic heterocycles. The molecule has 1 aromatic carbocycles. The summed E-state index contributed by atoms with van der Waals surface area (Å²) in [6.07, 6.45) is -5.39. The van der Waals surface area contributed by atoms with Crippen molar-refractivity contribution in [3.8, 4) is 5.75 Å². The van der Waals surface area contributed by atoms with Crippen LogP contribution in [-0.4, -0.2) is 121 Å². The minimum absolute atomic E-state index is 0.0185. The lowest BCUT2D eigenvalue weighted by atomic mass is 10.1. The number of hydrogen-bond donors (Lipinski definition) is 2. The zero-order chi connectivity index (χ0) is 31.4. The van der Waals surface area contributed by atoms with E-state index in [4.69, 9.17) is 4.74 Å². The summed E-state index contributed by atoms with van der Waals surface area (Å²) in [6.45, 7) is 10.0. The quantitative estimate of drug-likeness (QED) is 0.472. The SMILES string of the molecule is CN1CCN(CC(=O)Nc2cc(C(=O)Nc3nnc(N4CCN(C(=O)OC(C)(C)C)CC4)s3)ccc2OC(F)(F)F)CC1. The molecular formula is C26H35F3N8O5S. The average Bonchev–Trinajstić information content (AvgIpc) is 3.37. The Kier molecular flexibility index (Phi) is 9.96. The van der Waals surface area contributed by atoms with Crippen LogP contribution in [0.2, 0.25) is 0 Å². The van der Waals surface area contributed by atoms with Crippen molar-refractivity contribution in [2.24, 2.45) is 0 Å². The van der Waals surface area contributed by atoms with Crippen molar-refractivity contribution in [2.45, 2.75) is 32.7 Å². The lowest BCUT2D eigenvalue weighted by Gasteiger charge is -2.35. The molecule has 0 spiro atoms. The molecule has 2 fully saturated rings. The monoisotopic (exact) mass is 628 g/mol. The smallest absolute Gasteiger partial charge is 0.444 e. The molecule has 4 rings (SSSR count). The molecule has 2 N–H and O–H groups in total. The molecule has 2 saturated heterocycles. The number of carbonyl (C=O) groups is 3. The topological polar surface area (TPSA) is 132 Å². The number of nitrogens with zero attached hydrogens (tertiary/aromatic N) is 6. The first-order chi connectivity index (χ1) is 20.1. The summed E-state index contributed by atoms with van der Waals surface area (Å²) < 4.78 is 48.6. The van der Waals surface area contributed by atoms with Crippen LogP contribution in [0, 0.1) is 0 Å². The highest BCUT2D eigenvalue weighted by Crippen LogP contribution is 2.32. The highest BCUT2D eigenvalue weighted by molar-refractivity contribution is 7.19. The van der Waals surface area contributed by atoms with E-state index in [0.29, 0.717) is 44.4 Å². The summed E-state index contributed by atoms with van der Waals surface area (Å²) >= 11 is 1.11. The highest BCUT2D eigenvalue weighted by atomic mass is 32.1. The molecule has 0 bridgehead atoms. The van der Waals surface area contributed by atoms with Crippen molar-refractivity contribution in [1.82, 2.24) is 24.9 Å². The van der Waals surface area contributed by atoms with Gasteiger partial charge >= 0.3 is 12.5 Å². The van der Waals surface area contributed by atoms with E-state index in [9.17, 15) is 27.6 Å². The first kappa shape index (κ1) is 32.2. The summed E-state index contributed by atoms with van der Waals surface area (Å²) in [5.41, 5.74) is -0.902. The van der Waals surface area contributed by atoms with Crippen molar-refractivity contribution in [2.75, 3.05) is 81.5 Å². The molecule has 3 heterocycles. The van der Waals surface area contributed by atoms with Crippen molar-refractivity contribution < 1.29 is 37.0 Å². The van der Waals surface area contributed by atoms with Crippen molar-refractivity contribution in [3.05, 3.63) is 23.8 Å². The summed E-state index contributed by atoms with van der Waals surface area (Å²) in [6, 6.07) is 3.25. The number of aromatic nitrogens is 2. The van der Waals surface area contributed by atoms with Crippen LogP contribution < -0.4 is 20.3 Å². The third-order valence-corrected chi connectivity index (χ3v) is 7.44. The third-order valence-electron chi connectivity index (χ3n) is 6.54. The Balaban J connectivity index is 1.38. The Morgan fingerprint density at radius 3 is 2.26 bits per heavy atom. The fourth-order valence-corrected chi connectivity index (χ4v) is 5.14. The Morgan fingerprint density at radius 2 is 1.63 bits per heavy atom. The van der Waals surface area contributed by atoms with Gasteiger partial charge in [-0.05, 0) is 46.0 Å². The number of anilines is 3. The molecule has 13 nitrogen and oxygen atoms in total. The summed E-state index contributed by atoms with van der Waals surface area (Å²) in [7, 11) is 1.96. The first-order valence-electron chi connectivity index (χ1n) is 13.6. The van der Waals surface area contributed by atoms with Gasteiger partial charge in [-0.3, -0.25) is 19.8 Å². The standard InChI is InChI=1S/C26H35F3N8O5S/c1-25(2,3)42-24(40)37-13-11-36(12-14-37)23-33-32-22(43-23)31-21(39)17-5-6-19(41-26(27,28)29)18(15-17)30-20(38)16-35-9-7-34(4)8-10-35/h5-6,15H,7-14,16H2,1-4H3,(H,30,38)(H,31,32,39). The molecule has 1 aromatic heterocycles. The Morgan fingerprint density at radius 1 is 0.953 bits per heavy atom. The summed E-state index contributed by atoms with van der Waals surface area (Å²) in [5, 5.41) is 13.9. The van der Waals surface area contributed by atoms with E-state index in [1.165, 1.54) is 0 Å². The molecule has 0 unspecified atom stereocenters. The van der Waals surface area contributed by atoms with Gasteiger partial charge in [0.25, 0.3) is 5.91 Å². The number of carbonyl (C=O) groups excluding carboxylic acids is 3. The number of amides is 3. The van der Waals surface area contributed by atoms with Gasteiger partial charge in [0.1, 0.15) is 5.60 Å². The number of ether oxygens (including phenoxy) is 2. The van der Waals surface area contributed by atoms with E-state index < -0.39 is 29.5 Å². The number of rotatable bonds is 7. The molecule has 2 aliphatic rings. The minimum Gasteiger partial charge on any atom is -0.444 e. The number of alkyl halides is 3. The maximum absolute atomic E-state index is 13.0. The van der Waals surface area contributed by atoms with E-state index in [2.05, 4.69) is 30.5 Å². The van der Waals surface area contributed by atoms with Crippen LogP contribution in [0.5, 0.6) is 5.75 Å². The Hall–Kier alpha value is -3.70. The van der Waals surface area contributed by atoms with Gasteiger partial charge in [-0.15, -0.1) is 23.4 Å². The van der Waals surface area contributed by atoms with Gasteiger partial charge < -0.3 is 29.5 Å². The third kappa shape index (κ3) is 9.65. The second kappa shape index (κ2) is 13.3. The molecule has 3 amide bonds. The lowest BCUT2D eigenvalue weighted by molar-refractivity contribution is -0.274. The fourth-order valence-electron chi connectivity index (χ4n) is 4.35. The number of likely N-dealkylation sites (N-methyl/N-ethyl adjacent to an activating group) is 1. The van der Waals surface area contributed by atoms with Crippen molar-refractivity contribution in [1.29, 1.82) is 0 Å². The van der Waals surface area contributed by atoms with Gasteiger partial charge in [-0.25, -0.2) is 4.79 Å². The van der Waals surface area contributed by atoms with Gasteiger partial charge in [0.2, 0.25) is 16.2 Å². The number of hydrogen-bond acceptors (Lipinski definition) is 11. The second-order valence-corrected chi connectivity index (χ2v) is 12.1. The van der Waals surface area contributed by atoms with Crippen LogP contribution >= 0.6 is 11.3 Å². The lowest BCUT2D eigenvalue weighted by Crippen LogP contribution is -2.50. The number of nitrogens with one attached hydrogen (secondary N) is 2. The molecule has 236 valence electrons. The van der Waals surface area contributed by atoms with E-state index in [1.54, 1.807) is 25.7 Å². The fraction of sp³-hybridized carbons (Fsp3) is 0.577. The molecule has 0 aliphatic carbocycles. The van der Waals surface area contributed by atoms with Gasteiger partial charge in [0.05, 0.1) is 12.2 Å². The minimum atomic E-state index is -5.00. The number of benzene rings is 1. The molecule has 43 heavy (non-hydrogen) atoms. The predicted octanol–water partition coefficient (Wildman–Crippen LogP) is 2.93.